The molecule has 1 N–H and O–H groups in total. The van der Waals surface area contributed by atoms with Crippen LogP contribution >= 0.6 is 11.3 Å². The van der Waals surface area contributed by atoms with Gasteiger partial charge in [-0.25, -0.2) is 14.4 Å². The number of hydrogen-bond acceptors (Lipinski definition) is 5. The number of thiophene rings is 1. The van der Waals surface area contributed by atoms with Gasteiger partial charge in [0.05, 0.1) is 11.4 Å². The summed E-state index contributed by atoms with van der Waals surface area (Å²) in [5, 5.41) is 4.55. The van der Waals surface area contributed by atoms with Crippen molar-refractivity contribution in [1.82, 2.24) is 14.9 Å². The molecule has 0 saturated heterocycles. The third-order valence-electron chi connectivity index (χ3n) is 4.31. The topological polar surface area (TPSA) is 41.1 Å². The van der Waals surface area contributed by atoms with Crippen molar-refractivity contribution in [3.63, 3.8) is 0 Å². The standard InChI is InChI=1S/C18H21FN4S/c1-11-12(2)24-18-16(11)17(21-10-22-18)20-9-15(23(3)4)13-5-7-14(19)8-6-13/h5-8,10,15H,9H2,1-4H3,(H,20,21,22). The van der Waals surface area contributed by atoms with Gasteiger partial charge in [0.15, 0.2) is 0 Å². The molecule has 0 radical (unpaired) electrons. The van der Waals surface area contributed by atoms with Gasteiger partial charge < -0.3 is 10.2 Å². The molecule has 3 aromatic rings. The zero-order valence-electron chi connectivity index (χ0n) is 14.3. The number of rotatable bonds is 5. The zero-order valence-corrected chi connectivity index (χ0v) is 15.1. The molecule has 3 rings (SSSR count). The van der Waals surface area contributed by atoms with Crippen molar-refractivity contribution in [1.29, 1.82) is 0 Å². The van der Waals surface area contributed by atoms with E-state index in [-0.39, 0.29) is 11.9 Å². The number of nitrogens with zero attached hydrogens (tertiary/aromatic N) is 3. The lowest BCUT2D eigenvalue weighted by Crippen LogP contribution is -2.27. The Balaban J connectivity index is 1.86. The maximum atomic E-state index is 13.2. The van der Waals surface area contributed by atoms with E-state index in [2.05, 4.69) is 34.0 Å². The van der Waals surface area contributed by atoms with Crippen molar-refractivity contribution < 1.29 is 4.39 Å². The minimum atomic E-state index is -0.217. The van der Waals surface area contributed by atoms with E-state index in [9.17, 15) is 4.39 Å². The van der Waals surface area contributed by atoms with E-state index < -0.39 is 0 Å². The van der Waals surface area contributed by atoms with Crippen LogP contribution in [0.5, 0.6) is 0 Å². The van der Waals surface area contributed by atoms with E-state index in [0.29, 0.717) is 6.54 Å². The molecule has 4 nitrogen and oxygen atoms in total. The number of likely N-dealkylation sites (N-methyl/N-ethyl adjacent to an activating group) is 1. The molecular weight excluding hydrogens is 323 g/mol. The van der Waals surface area contributed by atoms with Gasteiger partial charge in [-0.05, 0) is 51.2 Å². The molecule has 126 valence electrons. The first-order valence-electron chi connectivity index (χ1n) is 7.84. The van der Waals surface area contributed by atoms with E-state index in [4.69, 9.17) is 0 Å². The fraction of sp³-hybridized carbons (Fsp3) is 0.333. The number of fused-ring (bicyclic) bond motifs is 1. The second kappa shape index (κ2) is 6.83. The van der Waals surface area contributed by atoms with Crippen LogP contribution in [0, 0.1) is 19.7 Å². The Hall–Kier alpha value is -2.05. The van der Waals surface area contributed by atoms with E-state index >= 15 is 0 Å². The van der Waals surface area contributed by atoms with Gasteiger partial charge in [0.25, 0.3) is 0 Å². The van der Waals surface area contributed by atoms with Gasteiger partial charge in [0, 0.05) is 11.4 Å². The van der Waals surface area contributed by atoms with Crippen LogP contribution in [0.2, 0.25) is 0 Å². The van der Waals surface area contributed by atoms with Crippen molar-refractivity contribution in [3.8, 4) is 0 Å². The number of benzene rings is 1. The van der Waals surface area contributed by atoms with Gasteiger partial charge >= 0.3 is 0 Å². The predicted molar refractivity (Wildman–Crippen MR) is 98.2 cm³/mol. The van der Waals surface area contributed by atoms with Gasteiger partial charge in [-0.2, -0.15) is 0 Å². The summed E-state index contributed by atoms with van der Waals surface area (Å²) in [5.41, 5.74) is 2.29. The highest BCUT2D eigenvalue weighted by molar-refractivity contribution is 7.18. The van der Waals surface area contributed by atoms with Gasteiger partial charge in [-0.1, -0.05) is 12.1 Å². The van der Waals surface area contributed by atoms with E-state index in [1.165, 1.54) is 22.6 Å². The first-order valence-corrected chi connectivity index (χ1v) is 8.65. The Morgan fingerprint density at radius 2 is 1.88 bits per heavy atom. The quantitative estimate of drug-likeness (QED) is 0.754. The van der Waals surface area contributed by atoms with Crippen LogP contribution in [-0.4, -0.2) is 35.5 Å². The summed E-state index contributed by atoms with van der Waals surface area (Å²) in [7, 11) is 4.04. The summed E-state index contributed by atoms with van der Waals surface area (Å²) < 4.78 is 13.2. The highest BCUT2D eigenvalue weighted by Gasteiger charge is 2.17. The lowest BCUT2D eigenvalue weighted by molar-refractivity contribution is 0.311. The summed E-state index contributed by atoms with van der Waals surface area (Å²) in [5.74, 6) is 0.641. The van der Waals surface area contributed by atoms with Gasteiger partial charge in [0.2, 0.25) is 0 Å². The van der Waals surface area contributed by atoms with Crippen LogP contribution in [-0.2, 0) is 0 Å². The third-order valence-corrected chi connectivity index (χ3v) is 5.42. The lowest BCUT2D eigenvalue weighted by Gasteiger charge is -2.25. The van der Waals surface area contributed by atoms with Crippen LogP contribution in [0.4, 0.5) is 10.2 Å². The predicted octanol–water partition coefficient (Wildman–Crippen LogP) is 4.16. The van der Waals surface area contributed by atoms with Crippen molar-refractivity contribution in [2.24, 2.45) is 0 Å². The Bertz CT molecular complexity index is 842. The van der Waals surface area contributed by atoms with E-state index in [0.717, 1.165) is 21.6 Å². The van der Waals surface area contributed by atoms with Gasteiger partial charge in [-0.15, -0.1) is 11.3 Å². The molecule has 2 aromatic heterocycles. The van der Waals surface area contributed by atoms with Gasteiger partial charge in [-0.3, -0.25) is 0 Å². The van der Waals surface area contributed by atoms with Crippen LogP contribution in [0.3, 0.4) is 0 Å². The molecule has 0 aliphatic carbocycles. The van der Waals surface area contributed by atoms with Gasteiger partial charge in [0.1, 0.15) is 22.8 Å². The minimum absolute atomic E-state index is 0.121. The molecule has 0 bridgehead atoms. The largest absolute Gasteiger partial charge is 0.368 e. The second-order valence-corrected chi connectivity index (χ2v) is 7.30. The molecule has 0 saturated carbocycles. The van der Waals surface area contributed by atoms with E-state index in [1.807, 2.05) is 26.2 Å². The molecule has 0 aliphatic heterocycles. The Morgan fingerprint density at radius 3 is 2.54 bits per heavy atom. The summed E-state index contributed by atoms with van der Waals surface area (Å²) in [6.07, 6.45) is 1.60. The van der Waals surface area contributed by atoms with Crippen molar-refractivity contribution in [2.75, 3.05) is 26.0 Å². The molecule has 0 spiro atoms. The smallest absolute Gasteiger partial charge is 0.138 e. The second-order valence-electron chi connectivity index (χ2n) is 6.10. The molecule has 1 atom stereocenters. The molecule has 0 amide bonds. The molecule has 1 unspecified atom stereocenters. The SMILES string of the molecule is Cc1sc2ncnc(NCC(c3ccc(F)cc3)N(C)C)c2c1C. The lowest BCUT2D eigenvalue weighted by atomic mass is 10.1. The molecule has 2 heterocycles. The maximum absolute atomic E-state index is 13.2. The zero-order chi connectivity index (χ0) is 17.3. The number of halogens is 1. The molecular formula is C18H21FN4S. The summed E-state index contributed by atoms with van der Waals surface area (Å²) in [4.78, 5) is 13.2. The Morgan fingerprint density at radius 1 is 1.17 bits per heavy atom. The number of anilines is 1. The Kier molecular flexibility index (Phi) is 4.78. The third kappa shape index (κ3) is 3.25. The highest BCUT2D eigenvalue weighted by Crippen LogP contribution is 2.32. The number of aromatic nitrogens is 2. The average Bonchev–Trinajstić information content (AvgIpc) is 2.84. The number of nitrogens with one attached hydrogen (secondary N) is 1. The van der Waals surface area contributed by atoms with E-state index in [1.54, 1.807) is 17.7 Å². The maximum Gasteiger partial charge on any atom is 0.138 e. The highest BCUT2D eigenvalue weighted by atomic mass is 32.1. The molecule has 0 fully saturated rings. The average molecular weight is 344 g/mol. The first kappa shape index (κ1) is 16.8. The summed E-state index contributed by atoms with van der Waals surface area (Å²) in [6.45, 7) is 4.89. The summed E-state index contributed by atoms with van der Waals surface area (Å²) in [6, 6.07) is 6.78. The van der Waals surface area contributed by atoms with Crippen molar-refractivity contribution >= 4 is 27.4 Å². The first-order chi connectivity index (χ1) is 11.5. The number of aryl methyl sites for hydroxylation is 2. The van der Waals surface area contributed by atoms with Crippen molar-refractivity contribution in [3.05, 3.63) is 52.4 Å². The fourth-order valence-electron chi connectivity index (χ4n) is 2.79. The summed E-state index contributed by atoms with van der Waals surface area (Å²) >= 11 is 1.69. The molecule has 6 heteroatoms. The minimum Gasteiger partial charge on any atom is -0.368 e. The Labute approximate surface area is 145 Å². The molecule has 0 aliphatic rings. The fourth-order valence-corrected chi connectivity index (χ4v) is 3.79. The van der Waals surface area contributed by atoms with Crippen LogP contribution in [0.15, 0.2) is 30.6 Å². The van der Waals surface area contributed by atoms with Crippen LogP contribution in [0.1, 0.15) is 22.0 Å². The number of hydrogen-bond donors (Lipinski definition) is 1. The van der Waals surface area contributed by atoms with Crippen molar-refractivity contribution in [2.45, 2.75) is 19.9 Å². The molecule has 1 aromatic carbocycles. The molecule has 24 heavy (non-hydrogen) atoms. The van der Waals surface area contributed by atoms with Crippen LogP contribution < -0.4 is 5.32 Å². The monoisotopic (exact) mass is 344 g/mol. The van der Waals surface area contributed by atoms with Crippen LogP contribution in [0.25, 0.3) is 10.2 Å². The normalized spacial score (nSPS) is 12.8.